The predicted molar refractivity (Wildman–Crippen MR) is 112 cm³/mol. The van der Waals surface area contributed by atoms with Crippen LogP contribution in [0.25, 0.3) is 16.7 Å². The maximum atomic E-state index is 13.2. The third-order valence-electron chi connectivity index (χ3n) is 6.21. The lowest BCUT2D eigenvalue weighted by atomic mass is 10.1. The maximum Gasteiger partial charge on any atom is 0.267 e. The van der Waals surface area contributed by atoms with Crippen LogP contribution in [0.2, 0.25) is 0 Å². The van der Waals surface area contributed by atoms with E-state index in [1.807, 2.05) is 6.07 Å². The third-order valence-corrected chi connectivity index (χ3v) is 6.21. The highest BCUT2D eigenvalue weighted by Crippen LogP contribution is 2.30. The van der Waals surface area contributed by atoms with Crippen LogP contribution >= 0.6 is 0 Å². The molecule has 1 amide bonds. The predicted octanol–water partition coefficient (Wildman–Crippen LogP) is 2.15. The van der Waals surface area contributed by atoms with Gasteiger partial charge >= 0.3 is 0 Å². The molecule has 2 aliphatic rings. The average Bonchev–Trinajstić information content (AvgIpc) is 3.46. The molecule has 1 aliphatic heterocycles. The second kappa shape index (κ2) is 7.68. The Balaban J connectivity index is 1.67. The molecule has 0 bridgehead atoms. The van der Waals surface area contributed by atoms with Crippen molar-refractivity contribution in [3.63, 3.8) is 0 Å². The van der Waals surface area contributed by atoms with E-state index in [4.69, 9.17) is 15.1 Å². The number of hydrogen-bond acceptors (Lipinski definition) is 5. The first-order chi connectivity index (χ1) is 14.6. The van der Waals surface area contributed by atoms with E-state index in [1.54, 1.807) is 22.9 Å². The molecular weight excluding hydrogens is 382 g/mol. The molecule has 1 saturated heterocycles. The van der Waals surface area contributed by atoms with Crippen molar-refractivity contribution in [1.82, 2.24) is 19.3 Å². The molecule has 1 saturated carbocycles. The first kappa shape index (κ1) is 19.0. The first-order valence-corrected chi connectivity index (χ1v) is 10.6. The molecular formula is C22H25N5O3. The molecule has 0 radical (unpaired) electrons. The number of hydrogen-bond donors (Lipinski definition) is 2. The van der Waals surface area contributed by atoms with E-state index >= 15 is 0 Å². The summed E-state index contributed by atoms with van der Waals surface area (Å²) in [5.41, 5.74) is 1.12. The quantitative estimate of drug-likeness (QED) is 0.647. The van der Waals surface area contributed by atoms with Gasteiger partial charge in [-0.2, -0.15) is 0 Å². The van der Waals surface area contributed by atoms with Crippen molar-refractivity contribution in [2.75, 3.05) is 13.2 Å². The Morgan fingerprint density at radius 1 is 1.23 bits per heavy atom. The molecule has 2 N–H and O–H groups in total. The number of carbonyl (C=O) groups is 1. The Kier molecular flexibility index (Phi) is 4.86. The molecule has 5 rings (SSSR count). The van der Waals surface area contributed by atoms with Gasteiger partial charge < -0.3 is 14.6 Å². The van der Waals surface area contributed by atoms with E-state index in [0.717, 1.165) is 45.1 Å². The molecule has 30 heavy (non-hydrogen) atoms. The van der Waals surface area contributed by atoms with Crippen molar-refractivity contribution >= 4 is 22.6 Å². The van der Waals surface area contributed by atoms with Crippen molar-refractivity contribution in [1.29, 1.82) is 5.41 Å². The Labute approximate surface area is 173 Å². The molecule has 2 fully saturated rings. The monoisotopic (exact) mass is 407 g/mol. The average molecular weight is 407 g/mol. The molecule has 0 spiro atoms. The van der Waals surface area contributed by atoms with Crippen LogP contribution in [0.5, 0.6) is 0 Å². The van der Waals surface area contributed by atoms with Gasteiger partial charge in [-0.3, -0.25) is 19.4 Å². The van der Waals surface area contributed by atoms with Gasteiger partial charge in [0.1, 0.15) is 16.8 Å². The van der Waals surface area contributed by atoms with Crippen LogP contribution in [-0.2, 0) is 4.74 Å². The number of nitrogens with zero attached hydrogens (tertiary/aromatic N) is 3. The van der Waals surface area contributed by atoms with Gasteiger partial charge in [0.2, 0.25) is 0 Å². The summed E-state index contributed by atoms with van der Waals surface area (Å²) in [6.07, 6.45) is 7.59. The summed E-state index contributed by atoms with van der Waals surface area (Å²) in [7, 11) is 0. The smallest absolute Gasteiger partial charge is 0.267 e. The van der Waals surface area contributed by atoms with E-state index in [0.29, 0.717) is 23.2 Å². The minimum absolute atomic E-state index is 0.0155. The third kappa shape index (κ3) is 3.21. The second-order valence-electron chi connectivity index (χ2n) is 8.14. The van der Waals surface area contributed by atoms with Gasteiger partial charge in [-0.1, -0.05) is 18.9 Å². The lowest BCUT2D eigenvalue weighted by Crippen LogP contribution is -2.38. The standard InChI is InChI=1S/C22H25N5O3/c23-19-16(21(28)24-13-15-8-5-11-30-15)12-17-20(27(19)14-6-1-2-7-14)25-18-9-3-4-10-26(18)22(17)29/h3-4,9-10,12,14-15,23H,1-2,5-8,11,13H2,(H,24,28)/t15-/m1/s1. The van der Waals surface area contributed by atoms with Crippen LogP contribution in [0.4, 0.5) is 0 Å². The van der Waals surface area contributed by atoms with Crippen molar-refractivity contribution < 1.29 is 9.53 Å². The number of nitrogens with one attached hydrogen (secondary N) is 2. The molecule has 1 aliphatic carbocycles. The largest absolute Gasteiger partial charge is 0.376 e. The molecule has 1 atom stereocenters. The van der Waals surface area contributed by atoms with Gasteiger partial charge in [0.15, 0.2) is 0 Å². The molecule has 8 heteroatoms. The zero-order valence-corrected chi connectivity index (χ0v) is 16.8. The van der Waals surface area contributed by atoms with E-state index in [9.17, 15) is 9.59 Å². The summed E-state index contributed by atoms with van der Waals surface area (Å²) in [6, 6.07) is 7.00. The van der Waals surface area contributed by atoms with Gasteiger partial charge in [0.25, 0.3) is 11.5 Å². The SMILES string of the molecule is N=c1c(C(=O)NC[C@H]2CCCO2)cc2c(=O)n3ccccc3nc2n1C1CCCC1. The zero-order valence-electron chi connectivity index (χ0n) is 16.8. The van der Waals surface area contributed by atoms with Crippen LogP contribution in [0.15, 0.2) is 35.3 Å². The molecule has 0 aromatic carbocycles. The van der Waals surface area contributed by atoms with Crippen LogP contribution in [0.1, 0.15) is 54.9 Å². The van der Waals surface area contributed by atoms with E-state index in [-0.39, 0.29) is 34.7 Å². The summed E-state index contributed by atoms with van der Waals surface area (Å²) in [6.45, 7) is 1.13. The number of aromatic nitrogens is 3. The fourth-order valence-corrected chi connectivity index (χ4v) is 4.65. The van der Waals surface area contributed by atoms with E-state index in [2.05, 4.69) is 5.32 Å². The normalized spacial score (nSPS) is 19.7. The number of amides is 1. The first-order valence-electron chi connectivity index (χ1n) is 10.6. The number of carbonyl (C=O) groups excluding carboxylic acids is 1. The van der Waals surface area contributed by atoms with Crippen molar-refractivity contribution in [3.8, 4) is 0 Å². The Hall–Kier alpha value is -3.00. The highest BCUT2D eigenvalue weighted by Gasteiger charge is 2.25. The highest BCUT2D eigenvalue weighted by molar-refractivity contribution is 5.96. The summed E-state index contributed by atoms with van der Waals surface area (Å²) in [5, 5.41) is 12.1. The highest BCUT2D eigenvalue weighted by atomic mass is 16.5. The van der Waals surface area contributed by atoms with E-state index in [1.165, 1.54) is 10.5 Å². The van der Waals surface area contributed by atoms with Crippen LogP contribution in [-0.4, -0.2) is 39.1 Å². The van der Waals surface area contributed by atoms with Gasteiger partial charge in [-0.05, 0) is 43.9 Å². The minimum atomic E-state index is -0.346. The Bertz CT molecular complexity index is 1230. The van der Waals surface area contributed by atoms with Crippen molar-refractivity contribution in [2.24, 2.45) is 0 Å². The molecule has 8 nitrogen and oxygen atoms in total. The maximum absolute atomic E-state index is 13.2. The van der Waals surface area contributed by atoms with Gasteiger partial charge in [0, 0.05) is 25.4 Å². The van der Waals surface area contributed by atoms with Gasteiger partial charge in [-0.15, -0.1) is 0 Å². The summed E-state index contributed by atoms with van der Waals surface area (Å²) in [4.78, 5) is 30.9. The number of pyridine rings is 2. The fraction of sp³-hybridized carbons (Fsp3) is 0.455. The number of ether oxygens (including phenoxy) is 1. The molecule has 3 aromatic rings. The summed E-state index contributed by atoms with van der Waals surface area (Å²) >= 11 is 0. The Morgan fingerprint density at radius 2 is 2.07 bits per heavy atom. The second-order valence-corrected chi connectivity index (χ2v) is 8.14. The fourth-order valence-electron chi connectivity index (χ4n) is 4.65. The molecule has 3 aromatic heterocycles. The number of fused-ring (bicyclic) bond motifs is 2. The molecule has 4 heterocycles. The minimum Gasteiger partial charge on any atom is -0.376 e. The van der Waals surface area contributed by atoms with Crippen molar-refractivity contribution in [2.45, 2.75) is 50.7 Å². The number of rotatable bonds is 4. The summed E-state index contributed by atoms with van der Waals surface area (Å²) in [5.74, 6) is -0.346. The van der Waals surface area contributed by atoms with Gasteiger partial charge in [0.05, 0.1) is 17.1 Å². The van der Waals surface area contributed by atoms with Crippen LogP contribution in [0.3, 0.4) is 0 Å². The lowest BCUT2D eigenvalue weighted by molar-refractivity contribution is 0.0855. The Morgan fingerprint density at radius 3 is 2.83 bits per heavy atom. The van der Waals surface area contributed by atoms with E-state index < -0.39 is 0 Å². The van der Waals surface area contributed by atoms with Crippen LogP contribution < -0.4 is 16.4 Å². The lowest BCUT2D eigenvalue weighted by Gasteiger charge is -2.20. The van der Waals surface area contributed by atoms with Gasteiger partial charge in [-0.25, -0.2) is 4.98 Å². The van der Waals surface area contributed by atoms with Crippen molar-refractivity contribution in [3.05, 3.63) is 51.9 Å². The zero-order chi connectivity index (χ0) is 20.7. The van der Waals surface area contributed by atoms with Crippen LogP contribution in [0, 0.1) is 5.41 Å². The summed E-state index contributed by atoms with van der Waals surface area (Å²) < 4.78 is 8.87. The molecule has 156 valence electrons. The molecule has 0 unspecified atom stereocenters. The topological polar surface area (TPSA) is 101 Å².